The van der Waals surface area contributed by atoms with E-state index in [0.29, 0.717) is 18.3 Å². The van der Waals surface area contributed by atoms with Crippen molar-refractivity contribution in [1.82, 2.24) is 15.5 Å². The third-order valence-electron chi connectivity index (χ3n) is 4.51. The number of alkyl halides is 2. The summed E-state index contributed by atoms with van der Waals surface area (Å²) in [4.78, 5) is 7.15. The number of nitrogens with zero attached hydrogens (tertiary/aromatic N) is 2. The summed E-state index contributed by atoms with van der Waals surface area (Å²) in [5.41, 5.74) is 0.928. The smallest absolute Gasteiger partial charge is 0.272 e. The summed E-state index contributed by atoms with van der Waals surface area (Å²) in [5, 5.41) is 6.81. The maximum atomic E-state index is 12.3. The van der Waals surface area contributed by atoms with E-state index in [9.17, 15) is 8.78 Å². The van der Waals surface area contributed by atoms with Gasteiger partial charge in [0.05, 0.1) is 6.54 Å². The normalized spacial score (nSPS) is 16.0. The van der Waals surface area contributed by atoms with Crippen LogP contribution in [0.3, 0.4) is 0 Å². The molecule has 1 aromatic rings. The Morgan fingerprint density at radius 2 is 2.04 bits per heavy atom. The first kappa shape index (κ1) is 24.9. The second-order valence-electron chi connectivity index (χ2n) is 6.80. The van der Waals surface area contributed by atoms with Gasteiger partial charge >= 0.3 is 0 Å². The molecule has 0 spiro atoms. The third kappa shape index (κ3) is 9.36. The average molecular weight is 510 g/mol. The fraction of sp³-hybridized carbons (Fsp3) is 0.650. The van der Waals surface area contributed by atoms with Gasteiger partial charge in [-0.3, -0.25) is 0 Å². The summed E-state index contributed by atoms with van der Waals surface area (Å²) in [6, 6.07) is 7.60. The van der Waals surface area contributed by atoms with E-state index in [1.807, 2.05) is 13.0 Å². The van der Waals surface area contributed by atoms with Crippen molar-refractivity contribution < 1.29 is 13.5 Å². The molecule has 160 valence electrons. The number of ether oxygens (including phenoxy) is 1. The Kier molecular flexibility index (Phi) is 12.4. The average Bonchev–Trinajstić information content (AvgIpc) is 2.67. The highest BCUT2D eigenvalue weighted by molar-refractivity contribution is 14.0. The Morgan fingerprint density at radius 1 is 1.29 bits per heavy atom. The number of hydrogen-bond donors (Lipinski definition) is 2. The van der Waals surface area contributed by atoms with Crippen LogP contribution in [0.2, 0.25) is 0 Å². The van der Waals surface area contributed by atoms with Gasteiger partial charge in [-0.05, 0) is 50.4 Å². The first-order valence-electron chi connectivity index (χ1n) is 9.87. The molecule has 1 aliphatic rings. The number of aliphatic imine (C=N–C) groups is 1. The number of likely N-dealkylation sites (tertiary alicyclic amines) is 1. The summed E-state index contributed by atoms with van der Waals surface area (Å²) in [5.74, 6) is 1.24. The van der Waals surface area contributed by atoms with E-state index < -0.39 is 13.0 Å². The second kappa shape index (κ2) is 13.9. The molecule has 28 heavy (non-hydrogen) atoms. The van der Waals surface area contributed by atoms with Crippen LogP contribution in [0.4, 0.5) is 8.78 Å². The Balaban J connectivity index is 0.00000392. The number of nitrogens with one attached hydrogen (secondary N) is 2. The first-order chi connectivity index (χ1) is 13.1. The van der Waals surface area contributed by atoms with Crippen LogP contribution in [-0.2, 0) is 6.54 Å². The molecule has 5 nitrogen and oxygen atoms in total. The zero-order chi connectivity index (χ0) is 19.5. The number of hydrogen-bond acceptors (Lipinski definition) is 3. The van der Waals surface area contributed by atoms with E-state index in [1.165, 1.54) is 13.0 Å². The van der Waals surface area contributed by atoms with Gasteiger partial charge in [-0.25, -0.2) is 13.8 Å². The molecule has 2 rings (SSSR count). The van der Waals surface area contributed by atoms with Crippen molar-refractivity contribution >= 4 is 29.9 Å². The summed E-state index contributed by atoms with van der Waals surface area (Å²) in [7, 11) is 0. The molecule has 1 saturated heterocycles. The van der Waals surface area contributed by atoms with Crippen molar-refractivity contribution in [3.63, 3.8) is 0 Å². The van der Waals surface area contributed by atoms with Gasteiger partial charge < -0.3 is 20.3 Å². The van der Waals surface area contributed by atoms with Crippen molar-refractivity contribution in [2.24, 2.45) is 4.99 Å². The first-order valence-corrected chi connectivity index (χ1v) is 9.87. The standard InChI is InChI=1S/C20H32F2N4O.HI/c1-3-10-26-11-8-17(9-12-26)25-20(23-4-2)24-14-16-6-5-7-18(13-16)27-15-19(21)22;/h5-7,13,17,19H,3-4,8-12,14-15H2,1-2H3,(H2,23,24,25);1H. The summed E-state index contributed by atoms with van der Waals surface area (Å²) in [6.07, 6.45) is 0.949. The molecule has 0 radical (unpaired) electrons. The van der Waals surface area contributed by atoms with E-state index in [0.717, 1.165) is 44.0 Å². The molecule has 2 N–H and O–H groups in total. The number of guanidine groups is 1. The highest BCUT2D eigenvalue weighted by Gasteiger charge is 2.19. The van der Waals surface area contributed by atoms with Crippen LogP contribution in [0, 0.1) is 0 Å². The largest absolute Gasteiger partial charge is 0.488 e. The van der Waals surface area contributed by atoms with Gasteiger partial charge in [0.25, 0.3) is 6.43 Å². The molecule has 1 aromatic carbocycles. The summed E-state index contributed by atoms with van der Waals surface area (Å²) in [6.45, 7) is 8.34. The van der Waals surface area contributed by atoms with E-state index in [-0.39, 0.29) is 24.0 Å². The number of rotatable bonds is 9. The molecule has 0 atom stereocenters. The molecular weight excluding hydrogens is 477 g/mol. The number of piperidine rings is 1. The predicted molar refractivity (Wildman–Crippen MR) is 121 cm³/mol. The SMILES string of the molecule is CCCN1CCC(NC(=NCc2cccc(OCC(F)F)c2)NCC)CC1.I. The van der Waals surface area contributed by atoms with E-state index in [1.54, 1.807) is 18.2 Å². The lowest BCUT2D eigenvalue weighted by atomic mass is 10.1. The molecule has 0 aromatic heterocycles. The molecule has 0 amide bonds. The molecule has 1 heterocycles. The maximum absolute atomic E-state index is 12.3. The molecule has 1 aliphatic heterocycles. The molecule has 0 saturated carbocycles. The van der Waals surface area contributed by atoms with Gasteiger partial charge in [-0.2, -0.15) is 0 Å². The van der Waals surface area contributed by atoms with Crippen molar-refractivity contribution in [3.8, 4) is 5.75 Å². The fourth-order valence-electron chi connectivity index (χ4n) is 3.19. The summed E-state index contributed by atoms with van der Waals surface area (Å²) >= 11 is 0. The topological polar surface area (TPSA) is 48.9 Å². The quantitative estimate of drug-likeness (QED) is 0.301. The lowest BCUT2D eigenvalue weighted by Crippen LogP contribution is -2.48. The van der Waals surface area contributed by atoms with Gasteiger partial charge in [0.15, 0.2) is 5.96 Å². The van der Waals surface area contributed by atoms with Crippen LogP contribution in [0.1, 0.15) is 38.7 Å². The van der Waals surface area contributed by atoms with Crippen molar-refractivity contribution in [2.75, 3.05) is 32.8 Å². The van der Waals surface area contributed by atoms with E-state index in [4.69, 9.17) is 4.74 Å². The Hall–Kier alpha value is -1.16. The lowest BCUT2D eigenvalue weighted by Gasteiger charge is -2.32. The molecule has 0 unspecified atom stereocenters. The van der Waals surface area contributed by atoms with Crippen LogP contribution in [0.25, 0.3) is 0 Å². The monoisotopic (exact) mass is 510 g/mol. The van der Waals surface area contributed by atoms with Crippen LogP contribution in [0.5, 0.6) is 5.75 Å². The predicted octanol–water partition coefficient (Wildman–Crippen LogP) is 3.88. The van der Waals surface area contributed by atoms with Gasteiger partial charge in [0, 0.05) is 25.7 Å². The lowest BCUT2D eigenvalue weighted by molar-refractivity contribution is 0.0818. The number of benzene rings is 1. The van der Waals surface area contributed by atoms with Crippen molar-refractivity contribution in [1.29, 1.82) is 0 Å². The molecule has 1 fully saturated rings. The van der Waals surface area contributed by atoms with Crippen LogP contribution in [-0.4, -0.2) is 56.1 Å². The summed E-state index contributed by atoms with van der Waals surface area (Å²) < 4.78 is 29.6. The van der Waals surface area contributed by atoms with Gasteiger partial charge in [-0.1, -0.05) is 19.1 Å². The highest BCUT2D eigenvalue weighted by Crippen LogP contribution is 2.15. The van der Waals surface area contributed by atoms with E-state index >= 15 is 0 Å². The highest BCUT2D eigenvalue weighted by atomic mass is 127. The zero-order valence-electron chi connectivity index (χ0n) is 16.8. The second-order valence-corrected chi connectivity index (χ2v) is 6.80. The van der Waals surface area contributed by atoms with E-state index in [2.05, 4.69) is 27.4 Å². The van der Waals surface area contributed by atoms with Crippen LogP contribution < -0.4 is 15.4 Å². The molecule has 8 heteroatoms. The minimum absolute atomic E-state index is 0. The van der Waals surface area contributed by atoms with Gasteiger partial charge in [0.1, 0.15) is 12.4 Å². The van der Waals surface area contributed by atoms with Crippen molar-refractivity contribution in [3.05, 3.63) is 29.8 Å². The van der Waals surface area contributed by atoms with Gasteiger partial charge in [-0.15, -0.1) is 24.0 Å². The van der Waals surface area contributed by atoms with Gasteiger partial charge in [0.2, 0.25) is 0 Å². The third-order valence-corrected chi connectivity index (χ3v) is 4.51. The molecule has 0 aliphatic carbocycles. The molecule has 0 bridgehead atoms. The minimum Gasteiger partial charge on any atom is -0.488 e. The minimum atomic E-state index is -2.47. The Morgan fingerprint density at radius 3 is 2.68 bits per heavy atom. The molecular formula is C20H33F2IN4O. The van der Waals surface area contributed by atoms with Crippen molar-refractivity contribution in [2.45, 2.75) is 52.1 Å². The Labute approximate surface area is 184 Å². The maximum Gasteiger partial charge on any atom is 0.272 e. The Bertz CT molecular complexity index is 581. The number of halogens is 3. The van der Waals surface area contributed by atoms with Crippen LogP contribution in [0.15, 0.2) is 29.3 Å². The fourth-order valence-corrected chi connectivity index (χ4v) is 3.19. The zero-order valence-corrected chi connectivity index (χ0v) is 19.1. The van der Waals surface area contributed by atoms with Crippen LogP contribution >= 0.6 is 24.0 Å².